The van der Waals surface area contributed by atoms with Crippen LogP contribution in [0.3, 0.4) is 0 Å². The van der Waals surface area contributed by atoms with Gasteiger partial charge in [0.25, 0.3) is 0 Å². The summed E-state index contributed by atoms with van der Waals surface area (Å²) in [4.78, 5) is 8.55. The van der Waals surface area contributed by atoms with E-state index in [0.29, 0.717) is 30.1 Å². The monoisotopic (exact) mass is 331 g/mol. The fraction of sp³-hybridized carbons (Fsp3) is 0.412. The summed E-state index contributed by atoms with van der Waals surface area (Å²) in [5.41, 5.74) is 0.834. The van der Waals surface area contributed by atoms with Crippen molar-refractivity contribution in [3.8, 4) is 11.5 Å². The van der Waals surface area contributed by atoms with Crippen molar-refractivity contribution in [2.75, 3.05) is 38.4 Å². The Morgan fingerprint density at radius 1 is 1.17 bits per heavy atom. The fourth-order valence-electron chi connectivity index (χ4n) is 2.04. The summed E-state index contributed by atoms with van der Waals surface area (Å²) in [7, 11) is 5.39. The molecule has 0 aliphatic rings. The van der Waals surface area contributed by atoms with Crippen LogP contribution in [0.15, 0.2) is 30.5 Å². The molecule has 0 amide bonds. The molecule has 0 fully saturated rings. The van der Waals surface area contributed by atoms with E-state index in [9.17, 15) is 0 Å². The van der Waals surface area contributed by atoms with Crippen molar-refractivity contribution < 1.29 is 9.47 Å². The van der Waals surface area contributed by atoms with Gasteiger partial charge in [0.1, 0.15) is 5.82 Å². The first-order valence-corrected chi connectivity index (χ1v) is 7.92. The minimum atomic E-state index is 0.398. The normalized spacial score (nSPS) is 11.7. The Morgan fingerprint density at radius 3 is 2.71 bits per heavy atom. The topological polar surface area (TPSA) is 80.3 Å². The highest BCUT2D eigenvalue weighted by Crippen LogP contribution is 2.31. The number of nitrogens with zero attached hydrogens (tertiary/aromatic N) is 2. The van der Waals surface area contributed by atoms with Crippen molar-refractivity contribution in [2.24, 2.45) is 0 Å². The maximum Gasteiger partial charge on any atom is 0.229 e. The van der Waals surface area contributed by atoms with E-state index in [4.69, 9.17) is 9.47 Å². The minimum absolute atomic E-state index is 0.398. The molecule has 2 aromatic rings. The third kappa shape index (κ3) is 4.99. The zero-order valence-corrected chi connectivity index (χ0v) is 14.6. The van der Waals surface area contributed by atoms with Gasteiger partial charge in [-0.25, -0.2) is 4.98 Å². The Kier molecular flexibility index (Phi) is 6.62. The molecule has 1 unspecified atom stereocenters. The lowest BCUT2D eigenvalue weighted by Crippen LogP contribution is -2.23. The number of ether oxygens (including phenoxy) is 2. The van der Waals surface area contributed by atoms with Gasteiger partial charge >= 0.3 is 0 Å². The van der Waals surface area contributed by atoms with Crippen LogP contribution < -0.4 is 25.4 Å². The molecule has 0 bridgehead atoms. The summed E-state index contributed by atoms with van der Waals surface area (Å²) < 4.78 is 11.2. The average molecular weight is 331 g/mol. The van der Waals surface area contributed by atoms with E-state index in [1.807, 2.05) is 32.3 Å². The number of benzene rings is 1. The summed E-state index contributed by atoms with van der Waals surface area (Å²) >= 11 is 0. The highest BCUT2D eigenvalue weighted by atomic mass is 16.5. The number of methoxy groups -OCH3 is 1. The van der Waals surface area contributed by atoms with Crippen molar-refractivity contribution in [3.05, 3.63) is 30.5 Å². The highest BCUT2D eigenvalue weighted by molar-refractivity contribution is 5.60. The van der Waals surface area contributed by atoms with Crippen LogP contribution in [0.5, 0.6) is 11.5 Å². The van der Waals surface area contributed by atoms with Gasteiger partial charge in [0.15, 0.2) is 11.5 Å². The summed E-state index contributed by atoms with van der Waals surface area (Å²) in [5.74, 6) is 2.65. The molecule has 0 saturated carbocycles. The standard InChI is InChI=1S/C17H25N5O2/c1-12(18-2)8-10-24-15-11-13(5-6-14(15)23-4)21-17-20-9-7-16(19-3)22-17/h5-7,9,11-12,18H,8,10H2,1-4H3,(H2,19,20,21,22). The van der Waals surface area contributed by atoms with E-state index in [1.165, 1.54) is 0 Å². The number of hydrogen-bond donors (Lipinski definition) is 3. The molecule has 2 rings (SSSR count). The van der Waals surface area contributed by atoms with E-state index in [1.54, 1.807) is 19.4 Å². The molecule has 0 aliphatic heterocycles. The third-order valence-corrected chi connectivity index (χ3v) is 3.63. The van der Waals surface area contributed by atoms with Gasteiger partial charge in [0.05, 0.1) is 13.7 Å². The van der Waals surface area contributed by atoms with Gasteiger partial charge in [0.2, 0.25) is 5.95 Å². The molecule has 1 heterocycles. The quantitative estimate of drug-likeness (QED) is 0.652. The number of hydrogen-bond acceptors (Lipinski definition) is 7. The molecule has 24 heavy (non-hydrogen) atoms. The minimum Gasteiger partial charge on any atom is -0.493 e. The van der Waals surface area contributed by atoms with E-state index in [-0.39, 0.29) is 0 Å². The van der Waals surface area contributed by atoms with Crippen molar-refractivity contribution >= 4 is 17.5 Å². The smallest absolute Gasteiger partial charge is 0.229 e. The van der Waals surface area contributed by atoms with Crippen molar-refractivity contribution in [1.82, 2.24) is 15.3 Å². The lowest BCUT2D eigenvalue weighted by molar-refractivity contribution is 0.276. The molecule has 1 aromatic carbocycles. The van der Waals surface area contributed by atoms with Crippen LogP contribution in [-0.2, 0) is 0 Å². The zero-order valence-electron chi connectivity index (χ0n) is 14.6. The molecular formula is C17H25N5O2. The number of aromatic nitrogens is 2. The Labute approximate surface area is 142 Å². The first kappa shape index (κ1) is 17.8. The van der Waals surface area contributed by atoms with Crippen LogP contribution in [-0.4, -0.2) is 43.8 Å². The SMILES string of the molecule is CNc1ccnc(Nc2ccc(OC)c(OCCC(C)NC)c2)n1. The van der Waals surface area contributed by atoms with Crippen LogP contribution in [0, 0.1) is 0 Å². The lowest BCUT2D eigenvalue weighted by atomic mass is 10.2. The van der Waals surface area contributed by atoms with Crippen LogP contribution in [0.25, 0.3) is 0 Å². The number of nitrogens with one attached hydrogen (secondary N) is 3. The molecule has 0 radical (unpaired) electrons. The van der Waals surface area contributed by atoms with E-state index in [0.717, 1.165) is 17.9 Å². The zero-order chi connectivity index (χ0) is 17.4. The van der Waals surface area contributed by atoms with Gasteiger partial charge in [-0.1, -0.05) is 0 Å². The summed E-state index contributed by atoms with van der Waals surface area (Å²) in [6, 6.07) is 7.85. The Hall–Kier alpha value is -2.54. The highest BCUT2D eigenvalue weighted by Gasteiger charge is 2.08. The maximum atomic E-state index is 5.87. The van der Waals surface area contributed by atoms with Crippen LogP contribution >= 0.6 is 0 Å². The molecule has 1 aromatic heterocycles. The van der Waals surface area contributed by atoms with Crippen molar-refractivity contribution in [2.45, 2.75) is 19.4 Å². The van der Waals surface area contributed by atoms with E-state index in [2.05, 4.69) is 32.8 Å². The maximum absolute atomic E-state index is 5.87. The Bertz CT molecular complexity index is 651. The second kappa shape index (κ2) is 8.93. The molecule has 0 spiro atoms. The van der Waals surface area contributed by atoms with E-state index >= 15 is 0 Å². The first-order valence-electron chi connectivity index (χ1n) is 7.92. The Morgan fingerprint density at radius 2 is 2.00 bits per heavy atom. The summed E-state index contributed by atoms with van der Waals surface area (Å²) in [5, 5.41) is 9.34. The molecular weight excluding hydrogens is 306 g/mol. The van der Waals surface area contributed by atoms with Crippen molar-refractivity contribution in [3.63, 3.8) is 0 Å². The predicted octanol–water partition coefficient (Wildman–Crippen LogP) is 2.65. The molecule has 7 nitrogen and oxygen atoms in total. The Balaban J connectivity index is 2.09. The molecule has 7 heteroatoms. The van der Waals surface area contributed by atoms with Crippen LogP contribution in [0.1, 0.15) is 13.3 Å². The van der Waals surface area contributed by atoms with Crippen LogP contribution in [0.4, 0.5) is 17.5 Å². The van der Waals surface area contributed by atoms with Gasteiger partial charge in [-0.05, 0) is 38.6 Å². The first-order chi connectivity index (χ1) is 11.7. The molecule has 1 atom stereocenters. The lowest BCUT2D eigenvalue weighted by Gasteiger charge is -2.15. The predicted molar refractivity (Wildman–Crippen MR) is 96.5 cm³/mol. The largest absolute Gasteiger partial charge is 0.493 e. The third-order valence-electron chi connectivity index (χ3n) is 3.63. The fourth-order valence-corrected chi connectivity index (χ4v) is 2.04. The van der Waals surface area contributed by atoms with Gasteiger partial charge in [-0.2, -0.15) is 4.98 Å². The second-order valence-electron chi connectivity index (χ2n) is 5.33. The summed E-state index contributed by atoms with van der Waals surface area (Å²) in [6.07, 6.45) is 2.60. The average Bonchev–Trinajstić information content (AvgIpc) is 2.62. The number of rotatable bonds is 9. The van der Waals surface area contributed by atoms with Crippen molar-refractivity contribution in [1.29, 1.82) is 0 Å². The number of anilines is 3. The van der Waals surface area contributed by atoms with Gasteiger partial charge in [-0.3, -0.25) is 0 Å². The molecule has 0 saturated heterocycles. The second-order valence-corrected chi connectivity index (χ2v) is 5.33. The summed E-state index contributed by atoms with van der Waals surface area (Å²) in [6.45, 7) is 2.72. The van der Waals surface area contributed by atoms with E-state index < -0.39 is 0 Å². The molecule has 0 aliphatic carbocycles. The van der Waals surface area contributed by atoms with Gasteiger partial charge in [-0.15, -0.1) is 0 Å². The van der Waals surface area contributed by atoms with Crippen LogP contribution in [0.2, 0.25) is 0 Å². The van der Waals surface area contributed by atoms with Gasteiger partial charge in [0, 0.05) is 31.0 Å². The molecule has 3 N–H and O–H groups in total. The van der Waals surface area contributed by atoms with Gasteiger partial charge < -0.3 is 25.4 Å². The molecule has 130 valence electrons.